The van der Waals surface area contributed by atoms with E-state index in [1.807, 2.05) is 0 Å². The lowest BCUT2D eigenvalue weighted by Gasteiger charge is -2.18. The minimum Gasteiger partial charge on any atom is -0.389 e. The van der Waals surface area contributed by atoms with Gasteiger partial charge in [-0.15, -0.1) is 0 Å². The number of hydrogen-bond acceptors (Lipinski definition) is 3. The molecule has 2 rings (SSSR count). The zero-order valence-electron chi connectivity index (χ0n) is 10.5. The van der Waals surface area contributed by atoms with Gasteiger partial charge in [0.05, 0.1) is 5.02 Å². The summed E-state index contributed by atoms with van der Waals surface area (Å²) in [4.78, 5) is 0.287. The van der Waals surface area contributed by atoms with Gasteiger partial charge in [0.25, 0.3) is 0 Å². The molecule has 4 nitrogen and oxygen atoms in total. The minimum absolute atomic E-state index is 0.0947. The lowest BCUT2D eigenvalue weighted by atomic mass is 10.2. The Balaban J connectivity index is 2.31. The topological polar surface area (TPSA) is 63.4 Å². The lowest BCUT2D eigenvalue weighted by Crippen LogP contribution is -2.29. The van der Waals surface area contributed by atoms with E-state index in [1.54, 1.807) is 13.1 Å². The first kappa shape index (κ1) is 14.7. The van der Waals surface area contributed by atoms with Gasteiger partial charge in [-0.2, -0.15) is 0 Å². The minimum atomic E-state index is -3.55. The standard InChI is InChI=1S/C12H15ClN2O2S2/c1-15(7-8-2-3-8)19(16,17)11-5-4-9(12(14)18)6-10(11)13/h4-6,8H,2-3,7H2,1H3,(H2,14,18). The van der Waals surface area contributed by atoms with Crippen molar-refractivity contribution in [2.24, 2.45) is 11.7 Å². The fourth-order valence-corrected chi connectivity index (χ4v) is 3.68. The average molecular weight is 319 g/mol. The number of benzene rings is 1. The van der Waals surface area contributed by atoms with Crippen LogP contribution in [0.25, 0.3) is 0 Å². The van der Waals surface area contributed by atoms with E-state index in [0.29, 0.717) is 18.0 Å². The summed E-state index contributed by atoms with van der Waals surface area (Å²) in [6.45, 7) is 0.537. The molecule has 0 amide bonds. The molecular formula is C12H15ClN2O2S2. The van der Waals surface area contributed by atoms with Crippen LogP contribution in [0.4, 0.5) is 0 Å². The van der Waals surface area contributed by atoms with Crippen LogP contribution >= 0.6 is 23.8 Å². The number of hydrogen-bond donors (Lipinski definition) is 1. The molecule has 19 heavy (non-hydrogen) atoms. The fourth-order valence-electron chi connectivity index (χ4n) is 1.79. The lowest BCUT2D eigenvalue weighted by molar-refractivity contribution is 0.453. The average Bonchev–Trinajstić information content (AvgIpc) is 3.12. The first-order chi connectivity index (χ1) is 8.82. The second kappa shape index (κ2) is 5.36. The Labute approximate surface area is 123 Å². The van der Waals surface area contributed by atoms with Crippen molar-refractivity contribution in [2.45, 2.75) is 17.7 Å². The van der Waals surface area contributed by atoms with Crippen LogP contribution in [-0.2, 0) is 10.0 Å². The molecule has 0 heterocycles. The molecule has 104 valence electrons. The third-order valence-electron chi connectivity index (χ3n) is 3.12. The van der Waals surface area contributed by atoms with Gasteiger partial charge in [0.1, 0.15) is 9.88 Å². The monoisotopic (exact) mass is 318 g/mol. The molecule has 1 aliphatic carbocycles. The van der Waals surface area contributed by atoms with Crippen LogP contribution in [0, 0.1) is 5.92 Å². The van der Waals surface area contributed by atoms with Gasteiger partial charge in [0, 0.05) is 19.2 Å². The number of nitrogens with zero attached hydrogens (tertiary/aromatic N) is 1. The molecule has 1 fully saturated rings. The zero-order chi connectivity index (χ0) is 14.2. The van der Waals surface area contributed by atoms with Gasteiger partial charge in [0.2, 0.25) is 10.0 Å². The predicted octanol–water partition coefficient (Wildman–Crippen LogP) is 2.00. The highest BCUT2D eigenvalue weighted by Gasteiger charge is 2.30. The Morgan fingerprint density at radius 1 is 1.53 bits per heavy atom. The van der Waals surface area contributed by atoms with Gasteiger partial charge in [0.15, 0.2) is 0 Å². The highest BCUT2D eigenvalue weighted by molar-refractivity contribution is 7.89. The highest BCUT2D eigenvalue weighted by atomic mass is 35.5. The molecule has 0 saturated heterocycles. The number of rotatable bonds is 5. The summed E-state index contributed by atoms with van der Waals surface area (Å²) in [5.41, 5.74) is 6.05. The Hall–Kier alpha value is -0.690. The molecular weight excluding hydrogens is 304 g/mol. The van der Waals surface area contributed by atoms with Crippen LogP contribution in [0.15, 0.2) is 23.1 Å². The van der Waals surface area contributed by atoms with Gasteiger partial charge in [-0.25, -0.2) is 12.7 Å². The number of halogens is 1. The van der Waals surface area contributed by atoms with Crippen LogP contribution in [0.3, 0.4) is 0 Å². The molecule has 2 N–H and O–H groups in total. The summed E-state index contributed by atoms with van der Waals surface area (Å²) >= 11 is 10.9. The van der Waals surface area contributed by atoms with Crippen LogP contribution < -0.4 is 5.73 Å². The molecule has 0 atom stereocenters. The zero-order valence-corrected chi connectivity index (χ0v) is 12.9. The maximum absolute atomic E-state index is 12.4. The summed E-state index contributed by atoms with van der Waals surface area (Å²) in [5, 5.41) is 0.146. The summed E-state index contributed by atoms with van der Waals surface area (Å²) in [5.74, 6) is 0.481. The summed E-state index contributed by atoms with van der Waals surface area (Å²) < 4.78 is 26.1. The van der Waals surface area contributed by atoms with E-state index in [2.05, 4.69) is 0 Å². The van der Waals surface area contributed by atoms with E-state index in [1.165, 1.54) is 16.4 Å². The Morgan fingerprint density at radius 3 is 2.63 bits per heavy atom. The predicted molar refractivity (Wildman–Crippen MR) is 79.9 cm³/mol. The number of thiocarbonyl (C=S) groups is 1. The first-order valence-corrected chi connectivity index (χ1v) is 8.10. The van der Waals surface area contributed by atoms with Crippen molar-refractivity contribution < 1.29 is 8.42 Å². The van der Waals surface area contributed by atoms with Crippen LogP contribution in [0.5, 0.6) is 0 Å². The third-order valence-corrected chi connectivity index (χ3v) is 5.66. The normalized spacial score (nSPS) is 15.7. The summed E-state index contributed by atoms with van der Waals surface area (Å²) in [6.07, 6.45) is 2.18. The molecule has 1 aromatic carbocycles. The Bertz CT molecular complexity index is 612. The van der Waals surface area contributed by atoms with Gasteiger partial charge in [-0.05, 0) is 30.9 Å². The van der Waals surface area contributed by atoms with E-state index in [4.69, 9.17) is 29.6 Å². The summed E-state index contributed by atoms with van der Waals surface area (Å²) in [6, 6.07) is 4.52. The molecule has 0 radical (unpaired) electrons. The maximum Gasteiger partial charge on any atom is 0.244 e. The van der Waals surface area contributed by atoms with Crippen LogP contribution in [-0.4, -0.2) is 31.3 Å². The van der Waals surface area contributed by atoms with Crippen molar-refractivity contribution in [2.75, 3.05) is 13.6 Å². The summed E-state index contributed by atoms with van der Waals surface area (Å²) in [7, 11) is -1.98. The van der Waals surface area contributed by atoms with E-state index in [0.717, 1.165) is 12.8 Å². The molecule has 0 aliphatic heterocycles. The largest absolute Gasteiger partial charge is 0.389 e. The third kappa shape index (κ3) is 3.25. The SMILES string of the molecule is CN(CC1CC1)S(=O)(=O)c1ccc(C(N)=S)cc1Cl. The van der Waals surface area contributed by atoms with Gasteiger partial charge < -0.3 is 5.73 Å². The fraction of sp³-hybridized carbons (Fsp3) is 0.417. The Morgan fingerprint density at radius 2 is 2.16 bits per heavy atom. The van der Waals surface area contributed by atoms with E-state index < -0.39 is 10.0 Å². The molecule has 0 bridgehead atoms. The molecule has 1 aromatic rings. The van der Waals surface area contributed by atoms with Gasteiger partial charge in [-0.3, -0.25) is 0 Å². The quantitative estimate of drug-likeness (QED) is 0.844. The Kier molecular flexibility index (Phi) is 4.15. The van der Waals surface area contributed by atoms with E-state index >= 15 is 0 Å². The van der Waals surface area contributed by atoms with Crippen molar-refractivity contribution >= 4 is 38.8 Å². The maximum atomic E-state index is 12.4. The van der Waals surface area contributed by atoms with Gasteiger partial charge in [-0.1, -0.05) is 29.9 Å². The van der Waals surface area contributed by atoms with Crippen molar-refractivity contribution in [3.63, 3.8) is 0 Å². The van der Waals surface area contributed by atoms with Crippen LogP contribution in [0.1, 0.15) is 18.4 Å². The first-order valence-electron chi connectivity index (χ1n) is 5.88. The van der Waals surface area contributed by atoms with Crippen molar-refractivity contribution in [3.8, 4) is 0 Å². The van der Waals surface area contributed by atoms with Crippen LogP contribution in [0.2, 0.25) is 5.02 Å². The van der Waals surface area contributed by atoms with Crippen molar-refractivity contribution in [3.05, 3.63) is 28.8 Å². The number of nitrogens with two attached hydrogens (primary N) is 1. The molecule has 7 heteroatoms. The van der Waals surface area contributed by atoms with Crippen molar-refractivity contribution in [1.82, 2.24) is 4.31 Å². The second-order valence-electron chi connectivity index (χ2n) is 4.74. The highest BCUT2D eigenvalue weighted by Crippen LogP contribution is 2.32. The van der Waals surface area contributed by atoms with E-state index in [-0.39, 0.29) is 14.9 Å². The van der Waals surface area contributed by atoms with E-state index in [9.17, 15) is 8.42 Å². The van der Waals surface area contributed by atoms with Crippen molar-refractivity contribution in [1.29, 1.82) is 0 Å². The molecule has 1 saturated carbocycles. The molecule has 0 aromatic heterocycles. The number of sulfonamides is 1. The molecule has 0 spiro atoms. The molecule has 0 unspecified atom stereocenters. The molecule has 1 aliphatic rings. The van der Waals surface area contributed by atoms with Gasteiger partial charge >= 0.3 is 0 Å². The second-order valence-corrected chi connectivity index (χ2v) is 7.60. The smallest absolute Gasteiger partial charge is 0.244 e.